The molecule has 1 rings (SSSR count). The molecule has 0 aliphatic carbocycles. The number of hydrogen-bond donors (Lipinski definition) is 0. The third-order valence-corrected chi connectivity index (χ3v) is 8.42. The van der Waals surface area contributed by atoms with Crippen molar-refractivity contribution in [2.45, 2.75) is 115 Å². The van der Waals surface area contributed by atoms with Crippen molar-refractivity contribution >= 4 is 0 Å². The molecule has 0 spiro atoms. The third kappa shape index (κ3) is 8.45. The fourth-order valence-electron chi connectivity index (χ4n) is 4.45. The van der Waals surface area contributed by atoms with E-state index in [4.69, 9.17) is 0 Å². The lowest BCUT2D eigenvalue weighted by molar-refractivity contribution is -0.459. The van der Waals surface area contributed by atoms with Gasteiger partial charge in [0, 0.05) is 0 Å². The molecule has 0 aliphatic rings. The predicted molar refractivity (Wildman–Crippen MR) is 149 cm³/mol. The van der Waals surface area contributed by atoms with Gasteiger partial charge in [0.15, 0.2) is 0 Å². The van der Waals surface area contributed by atoms with Crippen molar-refractivity contribution in [1.82, 2.24) is 13.7 Å². The molecule has 0 aliphatic heterocycles. The van der Waals surface area contributed by atoms with Crippen LogP contribution in [0.25, 0.3) is 0 Å². The van der Waals surface area contributed by atoms with E-state index in [2.05, 4.69) is 6.58 Å². The number of alkyl halides is 34. The van der Waals surface area contributed by atoms with Crippen LogP contribution in [0.15, 0.2) is 51.3 Å². The average Bonchev–Trinajstić information content (AvgIpc) is 3.14. The molecule has 6 nitrogen and oxygen atoms in total. The van der Waals surface area contributed by atoms with E-state index in [0.29, 0.717) is 6.08 Å². The van der Waals surface area contributed by atoms with Crippen molar-refractivity contribution in [3.8, 4) is 0 Å². The van der Waals surface area contributed by atoms with Gasteiger partial charge in [0.1, 0.15) is 0 Å². The van der Waals surface area contributed by atoms with Crippen LogP contribution in [0.2, 0.25) is 0 Å². The quantitative estimate of drug-likeness (QED) is 0.0966. The summed E-state index contributed by atoms with van der Waals surface area (Å²) in [5, 5.41) is 0. The number of hydrogen-bond acceptors (Lipinski definition) is 3. The first kappa shape index (κ1) is 61.3. The third-order valence-electron chi connectivity index (χ3n) is 8.42. The van der Waals surface area contributed by atoms with Gasteiger partial charge in [-0.25, -0.2) is 28.1 Å². The second kappa shape index (κ2) is 17.0. The maximum Gasteiger partial charge on any atom is 0.460 e. The van der Waals surface area contributed by atoms with E-state index in [1.165, 1.54) is 0 Å². The summed E-state index contributed by atoms with van der Waals surface area (Å²) in [6.45, 7) is -3.40. The normalized spacial score (nSPS) is 16.1. The maximum atomic E-state index is 14.3. The molecule has 1 heterocycles. The Kier molecular flexibility index (Phi) is 15.3. The maximum absolute atomic E-state index is 14.3. The van der Waals surface area contributed by atoms with Crippen LogP contribution in [0, 0.1) is 0 Å². The SMILES string of the molecule is C=CCn1c(=O)n(C/C=C/C(F)(F)C(F)(F)C(F)(F)C(F)(F)C(F)(F)C(F)(F)C(F)(F)C(F)(F)F)c(=O)n(C/C=C/C(F)(F)C(F)(F)C(F)(F)C(F)(F)C(F)(F)C(F)(F)C(F)(F)C(F)(F)F)c1=O. The van der Waals surface area contributed by atoms with Crippen LogP contribution in [0.1, 0.15) is 0 Å². The second-order valence-corrected chi connectivity index (χ2v) is 12.9. The molecular weight excluding hydrogens is 1070 g/mol. The smallest absolute Gasteiger partial charge is 0.247 e. The van der Waals surface area contributed by atoms with Crippen molar-refractivity contribution in [1.29, 1.82) is 0 Å². The Balaban J connectivity index is 3.87. The molecule has 0 unspecified atom stereocenters. The van der Waals surface area contributed by atoms with E-state index in [1.807, 2.05) is 0 Å². The van der Waals surface area contributed by atoms with Gasteiger partial charge in [-0.1, -0.05) is 18.2 Å². The summed E-state index contributed by atoms with van der Waals surface area (Å²) >= 11 is 0. The van der Waals surface area contributed by atoms with Crippen molar-refractivity contribution in [2.75, 3.05) is 0 Å². The molecule has 396 valence electrons. The number of allylic oxidation sites excluding steroid dienone is 5. The molecule has 0 saturated carbocycles. The summed E-state index contributed by atoms with van der Waals surface area (Å²) in [4.78, 5) is 37.8. The zero-order valence-electron chi connectivity index (χ0n) is 30.6. The van der Waals surface area contributed by atoms with Crippen molar-refractivity contribution in [2.24, 2.45) is 0 Å². The van der Waals surface area contributed by atoms with E-state index in [9.17, 15) is 164 Å². The van der Waals surface area contributed by atoms with Gasteiger partial charge in [0.2, 0.25) is 0 Å². The summed E-state index contributed by atoms with van der Waals surface area (Å²) in [6.07, 6.45) is -21.9. The van der Waals surface area contributed by atoms with Gasteiger partial charge >= 0.3 is 112 Å². The van der Waals surface area contributed by atoms with Gasteiger partial charge in [0.05, 0.1) is 19.6 Å². The molecule has 0 N–H and O–H groups in total. The fraction of sp³-hybridized carbons (Fsp3) is 0.679. The monoisotopic (exact) mass is 1090 g/mol. The van der Waals surface area contributed by atoms with Gasteiger partial charge in [-0.3, -0.25) is 0 Å². The molecule has 1 aromatic rings. The molecule has 1 aromatic heterocycles. The lowest BCUT2D eigenvalue weighted by Crippen LogP contribution is -2.74. The minimum Gasteiger partial charge on any atom is -0.247 e. The van der Waals surface area contributed by atoms with Gasteiger partial charge in [-0.15, -0.1) is 6.58 Å². The Morgan fingerprint density at radius 2 is 0.471 bits per heavy atom. The van der Waals surface area contributed by atoms with Gasteiger partial charge < -0.3 is 0 Å². The fourth-order valence-corrected chi connectivity index (χ4v) is 4.45. The van der Waals surface area contributed by atoms with E-state index < -0.39 is 170 Å². The largest absolute Gasteiger partial charge is 0.460 e. The molecule has 0 bridgehead atoms. The standard InChI is InChI=1S/C28H13F34N3O3/c1-2-7-63-10(66)64(8-3-5-13(29,30)15(33,34)17(37,38)19(41,42)21(45,46)23(49,50)25(53,54)27(57,58)59)12(68)65(11(63)67)9-4-6-14(31,32)16(35,36)18(39,40)20(43,44)22(47,48)24(51,52)26(55,56)28(60,61)62/h2-6H,1,7-9H2/b5-3+,6-4+. The minimum absolute atomic E-state index is 0.343. The molecule has 0 aromatic carbocycles. The molecule has 0 amide bonds. The Bertz CT molecular complexity index is 2120. The van der Waals surface area contributed by atoms with E-state index >= 15 is 0 Å². The van der Waals surface area contributed by atoms with Crippen LogP contribution in [-0.2, 0) is 19.6 Å². The second-order valence-electron chi connectivity index (χ2n) is 12.9. The van der Waals surface area contributed by atoms with Gasteiger partial charge in [-0.2, -0.15) is 149 Å². The highest BCUT2D eigenvalue weighted by Crippen LogP contribution is 2.66. The molecule has 0 atom stereocenters. The minimum atomic E-state index is -9.08. The van der Waals surface area contributed by atoms with Gasteiger partial charge in [-0.05, 0) is 12.2 Å². The highest BCUT2D eigenvalue weighted by Gasteiger charge is 2.96. The van der Waals surface area contributed by atoms with Crippen molar-refractivity contribution in [3.63, 3.8) is 0 Å². The number of aromatic nitrogens is 3. The van der Waals surface area contributed by atoms with E-state index in [1.54, 1.807) is 0 Å². The van der Waals surface area contributed by atoms with E-state index in [0.717, 1.165) is 0 Å². The first-order valence-corrected chi connectivity index (χ1v) is 15.7. The first-order valence-electron chi connectivity index (χ1n) is 15.7. The Hall–Kier alpha value is -4.75. The zero-order valence-corrected chi connectivity index (χ0v) is 30.6. The van der Waals surface area contributed by atoms with Crippen LogP contribution < -0.4 is 17.1 Å². The highest BCUT2D eigenvalue weighted by atomic mass is 19.4. The lowest BCUT2D eigenvalue weighted by atomic mass is 9.89. The predicted octanol–water partition coefficient (Wildman–Crippen LogP) is 10.5. The molecule has 0 fully saturated rings. The Morgan fingerprint density at radius 3 is 0.662 bits per heavy atom. The lowest BCUT2D eigenvalue weighted by Gasteiger charge is -2.42. The van der Waals surface area contributed by atoms with E-state index in [-0.39, 0.29) is 0 Å². The zero-order chi connectivity index (χ0) is 55.1. The van der Waals surface area contributed by atoms with Crippen molar-refractivity contribution < 1.29 is 149 Å². The molecule has 0 radical (unpaired) electrons. The summed E-state index contributed by atoms with van der Waals surface area (Å²) in [5.41, 5.74) is -7.46. The summed E-state index contributed by atoms with van der Waals surface area (Å²) in [6, 6.07) is 0. The highest BCUT2D eigenvalue weighted by molar-refractivity contribution is 5.20. The van der Waals surface area contributed by atoms with Crippen LogP contribution in [-0.4, -0.2) is 109 Å². The Labute approximate surface area is 347 Å². The molecule has 68 heavy (non-hydrogen) atoms. The number of rotatable bonds is 20. The first-order chi connectivity index (χ1) is 29.4. The van der Waals surface area contributed by atoms with Crippen LogP contribution in [0.4, 0.5) is 149 Å². The summed E-state index contributed by atoms with van der Waals surface area (Å²) in [5.74, 6) is -120. The van der Waals surface area contributed by atoms with Crippen molar-refractivity contribution in [3.05, 3.63) is 68.4 Å². The summed E-state index contributed by atoms with van der Waals surface area (Å²) < 4.78 is 457. The van der Waals surface area contributed by atoms with Gasteiger partial charge in [0.25, 0.3) is 0 Å². The molecule has 40 heteroatoms. The molecular formula is C28H13F34N3O3. The summed E-state index contributed by atoms with van der Waals surface area (Å²) in [7, 11) is 0. The average molecular weight is 1090 g/mol. The van der Waals surface area contributed by atoms with Crippen LogP contribution in [0.5, 0.6) is 0 Å². The van der Waals surface area contributed by atoms with Crippen LogP contribution >= 0.6 is 0 Å². The molecule has 0 saturated heterocycles. The topological polar surface area (TPSA) is 66.0 Å². The number of nitrogens with zero attached hydrogens (tertiary/aromatic N) is 3. The Morgan fingerprint density at radius 1 is 0.294 bits per heavy atom. The number of halogens is 34. The van der Waals surface area contributed by atoms with Crippen LogP contribution in [0.3, 0.4) is 0 Å².